The van der Waals surface area contributed by atoms with Gasteiger partial charge in [0, 0.05) is 18.8 Å². The number of benzene rings is 4. The second-order valence-corrected chi connectivity index (χ2v) is 11.0. The number of nitrogens with one attached hydrogen (secondary N) is 2. The second kappa shape index (κ2) is 17.7. The number of azo groups is 2. The number of hydrogen-bond acceptors (Lipinski definition) is 7. The van der Waals surface area contributed by atoms with E-state index in [4.69, 9.17) is 0 Å². The van der Waals surface area contributed by atoms with Gasteiger partial charge in [0.15, 0.2) is 0 Å². The van der Waals surface area contributed by atoms with Crippen LogP contribution in [0, 0.1) is 0 Å². The van der Waals surface area contributed by atoms with Gasteiger partial charge in [-0.05, 0) is 110 Å². The van der Waals surface area contributed by atoms with Crippen molar-refractivity contribution in [3.63, 3.8) is 0 Å². The van der Waals surface area contributed by atoms with Gasteiger partial charge in [-0.25, -0.2) is 0 Å². The van der Waals surface area contributed by atoms with Crippen LogP contribution in [0.25, 0.3) is 0 Å². The Morgan fingerprint density at radius 1 is 0.565 bits per heavy atom. The maximum atomic E-state index is 12.6. The molecule has 0 radical (unpaired) electrons. The Balaban J connectivity index is 1.21. The summed E-state index contributed by atoms with van der Waals surface area (Å²) < 4.78 is 37.8. The van der Waals surface area contributed by atoms with Crippen molar-refractivity contribution in [3.8, 4) is 0 Å². The highest BCUT2D eigenvalue weighted by molar-refractivity contribution is 5.58. The van der Waals surface area contributed by atoms with Crippen molar-refractivity contribution >= 4 is 39.8 Å². The lowest BCUT2D eigenvalue weighted by atomic mass is 10.1. The molecule has 0 saturated carbocycles. The van der Waals surface area contributed by atoms with E-state index in [1.54, 1.807) is 29.2 Å². The minimum atomic E-state index is -4.18. The van der Waals surface area contributed by atoms with E-state index in [9.17, 15) is 13.2 Å². The number of nitrogens with zero attached hydrogens (tertiary/aromatic N) is 5. The van der Waals surface area contributed by atoms with Crippen LogP contribution in [0.4, 0.5) is 53.0 Å². The van der Waals surface area contributed by atoms with Gasteiger partial charge >= 0.3 is 6.18 Å². The van der Waals surface area contributed by atoms with Gasteiger partial charge in [-0.2, -0.15) is 33.6 Å². The molecule has 10 heteroatoms. The molecular weight excluding hydrogens is 587 g/mol. The molecule has 0 aliphatic heterocycles. The van der Waals surface area contributed by atoms with Crippen LogP contribution < -0.4 is 15.8 Å². The second-order valence-electron chi connectivity index (χ2n) is 11.0. The van der Waals surface area contributed by atoms with Crippen molar-refractivity contribution in [2.75, 3.05) is 28.8 Å². The number of halogens is 3. The topological polar surface area (TPSA) is 76.7 Å². The Labute approximate surface area is 269 Å². The minimum absolute atomic E-state index is 0.0811. The molecular formula is C36H42F3N7. The standard InChI is InChI=1S/C36H42F3N7/c1-3-5-6-7-8-9-28-10-12-29(13-11-28)40-41-30-14-16-31(17-15-30)42-43-32-18-20-33(21-19-32)44-45-34-22-24-35(25-23-34)46(4-2)27-26-36(37,38)39/h10-25,42-43H,3-9,26-27H2,1-2H3/b41-40+,45-44+. The van der Waals surface area contributed by atoms with Crippen LogP contribution in [0.3, 0.4) is 0 Å². The first-order valence-corrected chi connectivity index (χ1v) is 15.9. The van der Waals surface area contributed by atoms with Crippen molar-refractivity contribution in [1.29, 1.82) is 0 Å². The van der Waals surface area contributed by atoms with E-state index >= 15 is 0 Å². The summed E-state index contributed by atoms with van der Waals surface area (Å²) in [5, 5.41) is 17.2. The van der Waals surface area contributed by atoms with Gasteiger partial charge in [0.1, 0.15) is 0 Å². The molecule has 7 nitrogen and oxygen atoms in total. The predicted octanol–water partition coefficient (Wildman–Crippen LogP) is 12.2. The third kappa shape index (κ3) is 12.0. The number of alkyl halides is 3. The molecule has 0 fully saturated rings. The monoisotopic (exact) mass is 629 g/mol. The fourth-order valence-electron chi connectivity index (χ4n) is 4.72. The van der Waals surface area contributed by atoms with Crippen molar-refractivity contribution in [3.05, 3.63) is 103 Å². The van der Waals surface area contributed by atoms with Gasteiger partial charge in [0.25, 0.3) is 0 Å². The quantitative estimate of drug-likeness (QED) is 0.0693. The van der Waals surface area contributed by atoms with Crippen LogP contribution in [0.2, 0.25) is 0 Å². The predicted molar refractivity (Wildman–Crippen MR) is 182 cm³/mol. The van der Waals surface area contributed by atoms with E-state index in [2.05, 4.69) is 50.4 Å². The molecule has 4 aromatic rings. The Morgan fingerprint density at radius 2 is 1.00 bits per heavy atom. The highest BCUT2D eigenvalue weighted by atomic mass is 19.4. The first kappa shape index (κ1) is 34.1. The van der Waals surface area contributed by atoms with Crippen LogP contribution in [0.15, 0.2) is 118 Å². The zero-order valence-electron chi connectivity index (χ0n) is 26.5. The van der Waals surface area contributed by atoms with E-state index in [-0.39, 0.29) is 6.54 Å². The van der Waals surface area contributed by atoms with Crippen molar-refractivity contribution in [2.24, 2.45) is 20.5 Å². The molecule has 2 N–H and O–H groups in total. The van der Waals surface area contributed by atoms with E-state index in [1.165, 1.54) is 37.7 Å². The van der Waals surface area contributed by atoms with E-state index in [0.717, 1.165) is 34.9 Å². The Bertz CT molecular complexity index is 1500. The molecule has 0 aromatic heterocycles. The van der Waals surface area contributed by atoms with Crippen LogP contribution in [0.5, 0.6) is 0 Å². The van der Waals surface area contributed by atoms with Gasteiger partial charge in [-0.15, -0.1) is 0 Å². The number of unbranched alkanes of at least 4 members (excludes halogenated alkanes) is 4. The molecule has 46 heavy (non-hydrogen) atoms. The first-order chi connectivity index (χ1) is 22.3. The molecule has 0 saturated heterocycles. The average Bonchev–Trinajstić information content (AvgIpc) is 3.07. The largest absolute Gasteiger partial charge is 0.390 e. The first-order valence-electron chi connectivity index (χ1n) is 15.9. The molecule has 0 atom stereocenters. The van der Waals surface area contributed by atoms with Crippen LogP contribution in [0.1, 0.15) is 57.9 Å². The van der Waals surface area contributed by atoms with Gasteiger partial charge in [-0.1, -0.05) is 44.7 Å². The molecule has 4 rings (SSSR count). The Hall–Kier alpha value is -4.73. The third-order valence-electron chi connectivity index (χ3n) is 7.41. The summed E-state index contributed by atoms with van der Waals surface area (Å²) in [6.45, 7) is 4.47. The zero-order chi connectivity index (χ0) is 32.6. The van der Waals surface area contributed by atoms with Gasteiger partial charge in [0.05, 0.1) is 40.5 Å². The molecule has 242 valence electrons. The molecule has 0 unspecified atom stereocenters. The number of rotatable bonds is 17. The summed E-state index contributed by atoms with van der Waals surface area (Å²) in [4.78, 5) is 1.69. The van der Waals surface area contributed by atoms with Crippen LogP contribution in [-0.4, -0.2) is 19.3 Å². The summed E-state index contributed by atoms with van der Waals surface area (Å²) in [6.07, 6.45) is 2.50. The number of aryl methyl sites for hydroxylation is 1. The molecule has 0 aliphatic rings. The maximum absolute atomic E-state index is 12.6. The number of hydrazine groups is 1. The molecule has 0 heterocycles. The minimum Gasteiger partial charge on any atom is -0.371 e. The molecule has 0 amide bonds. The summed E-state index contributed by atoms with van der Waals surface area (Å²) >= 11 is 0. The highest BCUT2D eigenvalue weighted by Crippen LogP contribution is 2.26. The molecule has 0 spiro atoms. The third-order valence-corrected chi connectivity index (χ3v) is 7.41. The number of anilines is 3. The smallest absolute Gasteiger partial charge is 0.371 e. The maximum Gasteiger partial charge on any atom is 0.390 e. The molecule has 0 aliphatic carbocycles. The summed E-state index contributed by atoms with van der Waals surface area (Å²) in [5.74, 6) is 0. The van der Waals surface area contributed by atoms with Crippen LogP contribution in [-0.2, 0) is 6.42 Å². The van der Waals surface area contributed by atoms with Crippen molar-refractivity contribution < 1.29 is 13.2 Å². The van der Waals surface area contributed by atoms with Gasteiger partial charge in [0.2, 0.25) is 0 Å². The van der Waals surface area contributed by atoms with Crippen LogP contribution >= 0.6 is 0 Å². The molecule has 4 aromatic carbocycles. The summed E-state index contributed by atoms with van der Waals surface area (Å²) in [6, 6.07) is 30.4. The SMILES string of the molecule is CCCCCCCc1ccc(/N=N/c2ccc(NNc3ccc(/N=N/c4ccc(N(CC)CCC(F)(F)F)cc4)cc3)cc2)cc1. The van der Waals surface area contributed by atoms with Gasteiger partial charge < -0.3 is 15.8 Å². The molecule has 0 bridgehead atoms. The zero-order valence-corrected chi connectivity index (χ0v) is 26.5. The van der Waals surface area contributed by atoms with E-state index in [0.29, 0.717) is 17.9 Å². The van der Waals surface area contributed by atoms with E-state index in [1.807, 2.05) is 67.6 Å². The van der Waals surface area contributed by atoms with Crippen molar-refractivity contribution in [1.82, 2.24) is 0 Å². The summed E-state index contributed by atoms with van der Waals surface area (Å²) in [7, 11) is 0. The van der Waals surface area contributed by atoms with E-state index < -0.39 is 12.6 Å². The van der Waals surface area contributed by atoms with Gasteiger partial charge in [-0.3, -0.25) is 0 Å². The average molecular weight is 630 g/mol. The Morgan fingerprint density at radius 3 is 1.43 bits per heavy atom. The highest BCUT2D eigenvalue weighted by Gasteiger charge is 2.27. The fourth-order valence-corrected chi connectivity index (χ4v) is 4.72. The lowest BCUT2D eigenvalue weighted by Crippen LogP contribution is -2.27. The Kier molecular flexibility index (Phi) is 13.1. The lowest BCUT2D eigenvalue weighted by molar-refractivity contribution is -0.132. The fraction of sp³-hybridized carbons (Fsp3) is 0.333. The van der Waals surface area contributed by atoms with Crippen molar-refractivity contribution in [2.45, 2.75) is 65.0 Å². The number of hydrogen-bond donors (Lipinski definition) is 2. The lowest BCUT2D eigenvalue weighted by Gasteiger charge is -2.23. The normalized spacial score (nSPS) is 11.8. The summed E-state index contributed by atoms with van der Waals surface area (Å²) in [5.41, 5.74) is 13.0.